The summed E-state index contributed by atoms with van der Waals surface area (Å²) >= 11 is 1.11. The zero-order valence-corrected chi connectivity index (χ0v) is 11.8. The highest BCUT2D eigenvalue weighted by molar-refractivity contribution is 7.11. The van der Waals surface area contributed by atoms with Crippen LogP contribution in [0.15, 0.2) is 5.38 Å². The van der Waals surface area contributed by atoms with Gasteiger partial charge in [0, 0.05) is 18.0 Å². The minimum Gasteiger partial charge on any atom is -0.476 e. The van der Waals surface area contributed by atoms with Gasteiger partial charge in [-0.25, -0.2) is 9.78 Å². The molecule has 19 heavy (non-hydrogen) atoms. The second-order valence-corrected chi connectivity index (χ2v) is 5.58. The van der Waals surface area contributed by atoms with E-state index < -0.39 is 5.97 Å². The SMILES string of the molecule is CCN(C(=O)c1nc(C(=O)O)cs1)C1CCCCC1. The Hall–Kier alpha value is -1.43. The molecule has 1 N–H and O–H groups in total. The van der Waals surface area contributed by atoms with E-state index in [2.05, 4.69) is 4.98 Å². The number of nitrogens with zero attached hydrogens (tertiary/aromatic N) is 2. The second kappa shape index (κ2) is 6.14. The number of rotatable bonds is 4. The second-order valence-electron chi connectivity index (χ2n) is 4.73. The lowest BCUT2D eigenvalue weighted by Gasteiger charge is -2.33. The molecule has 1 amide bonds. The Balaban J connectivity index is 2.12. The van der Waals surface area contributed by atoms with Crippen molar-refractivity contribution in [2.45, 2.75) is 45.1 Å². The summed E-state index contributed by atoms with van der Waals surface area (Å²) in [6.07, 6.45) is 5.63. The van der Waals surface area contributed by atoms with E-state index in [1.165, 1.54) is 11.8 Å². The number of thiazole rings is 1. The number of amides is 1. The predicted molar refractivity (Wildman–Crippen MR) is 72.7 cm³/mol. The third kappa shape index (κ3) is 3.12. The van der Waals surface area contributed by atoms with Crippen LogP contribution in [0, 0.1) is 0 Å². The third-order valence-electron chi connectivity index (χ3n) is 3.52. The maximum atomic E-state index is 12.4. The number of carboxylic acid groups (broad SMARTS) is 1. The summed E-state index contributed by atoms with van der Waals surface area (Å²) in [4.78, 5) is 28.9. The van der Waals surface area contributed by atoms with Crippen LogP contribution in [-0.2, 0) is 0 Å². The van der Waals surface area contributed by atoms with E-state index in [4.69, 9.17) is 5.11 Å². The Morgan fingerprint density at radius 1 is 1.42 bits per heavy atom. The van der Waals surface area contributed by atoms with Crippen LogP contribution in [0.1, 0.15) is 59.3 Å². The molecule has 0 saturated heterocycles. The van der Waals surface area contributed by atoms with Gasteiger partial charge in [-0.1, -0.05) is 19.3 Å². The van der Waals surface area contributed by atoms with Gasteiger partial charge in [0.15, 0.2) is 10.7 Å². The number of aromatic nitrogens is 1. The van der Waals surface area contributed by atoms with Gasteiger partial charge in [-0.3, -0.25) is 4.79 Å². The first-order valence-corrected chi connectivity index (χ1v) is 7.51. The van der Waals surface area contributed by atoms with E-state index in [1.54, 1.807) is 0 Å². The topological polar surface area (TPSA) is 70.5 Å². The molecule has 0 aromatic carbocycles. The van der Waals surface area contributed by atoms with Crippen LogP contribution in [0.3, 0.4) is 0 Å². The van der Waals surface area contributed by atoms with Gasteiger partial charge in [0.05, 0.1) is 0 Å². The summed E-state index contributed by atoms with van der Waals surface area (Å²) < 4.78 is 0. The van der Waals surface area contributed by atoms with Gasteiger partial charge in [-0.15, -0.1) is 11.3 Å². The summed E-state index contributed by atoms with van der Waals surface area (Å²) in [6, 6.07) is 0.281. The van der Waals surface area contributed by atoms with Crippen LogP contribution in [-0.4, -0.2) is 39.5 Å². The van der Waals surface area contributed by atoms with E-state index in [9.17, 15) is 9.59 Å². The summed E-state index contributed by atoms with van der Waals surface area (Å²) in [5.41, 5.74) is -0.0481. The molecule has 104 valence electrons. The van der Waals surface area contributed by atoms with Crippen molar-refractivity contribution < 1.29 is 14.7 Å². The van der Waals surface area contributed by atoms with Gasteiger partial charge < -0.3 is 10.0 Å². The van der Waals surface area contributed by atoms with Gasteiger partial charge >= 0.3 is 5.97 Å². The molecule has 0 aliphatic heterocycles. The fourth-order valence-corrected chi connectivity index (χ4v) is 3.30. The minimum atomic E-state index is -1.09. The maximum Gasteiger partial charge on any atom is 0.355 e. The van der Waals surface area contributed by atoms with E-state index in [0.29, 0.717) is 6.54 Å². The lowest BCUT2D eigenvalue weighted by molar-refractivity contribution is 0.0647. The van der Waals surface area contributed by atoms with Gasteiger partial charge in [0.2, 0.25) is 0 Å². The summed E-state index contributed by atoms with van der Waals surface area (Å²) in [6.45, 7) is 2.60. The first kappa shape index (κ1) is 14.0. The van der Waals surface area contributed by atoms with Crippen molar-refractivity contribution in [3.05, 3.63) is 16.1 Å². The van der Waals surface area contributed by atoms with Crippen molar-refractivity contribution in [1.29, 1.82) is 0 Å². The largest absolute Gasteiger partial charge is 0.476 e. The number of hydrogen-bond acceptors (Lipinski definition) is 4. The molecular formula is C13H18N2O3S. The van der Waals surface area contributed by atoms with Crippen LogP contribution in [0.4, 0.5) is 0 Å². The molecule has 2 rings (SSSR count). The van der Waals surface area contributed by atoms with E-state index in [-0.39, 0.29) is 22.7 Å². The molecule has 1 aliphatic rings. The molecule has 1 heterocycles. The normalized spacial score (nSPS) is 16.3. The lowest BCUT2D eigenvalue weighted by atomic mass is 9.94. The first-order chi connectivity index (χ1) is 9.13. The van der Waals surface area contributed by atoms with Gasteiger partial charge in [-0.2, -0.15) is 0 Å². The Kier molecular flexibility index (Phi) is 4.52. The van der Waals surface area contributed by atoms with Crippen molar-refractivity contribution in [1.82, 2.24) is 9.88 Å². The minimum absolute atomic E-state index is 0.0481. The number of carbonyl (C=O) groups is 2. The molecule has 1 fully saturated rings. The maximum absolute atomic E-state index is 12.4. The number of hydrogen-bond donors (Lipinski definition) is 1. The molecular weight excluding hydrogens is 264 g/mol. The Morgan fingerprint density at radius 2 is 2.11 bits per heavy atom. The number of carboxylic acids is 1. The molecule has 0 radical (unpaired) electrons. The molecule has 0 bridgehead atoms. The predicted octanol–water partition coefficient (Wildman–Crippen LogP) is 2.64. The molecule has 0 spiro atoms. The molecule has 1 saturated carbocycles. The van der Waals surface area contributed by atoms with Gasteiger partial charge in [0.1, 0.15) is 0 Å². The van der Waals surface area contributed by atoms with E-state index in [1.807, 2.05) is 11.8 Å². The molecule has 0 atom stereocenters. The van der Waals surface area contributed by atoms with Crippen LogP contribution < -0.4 is 0 Å². The van der Waals surface area contributed by atoms with Crippen molar-refractivity contribution in [2.75, 3.05) is 6.54 Å². The number of aromatic carboxylic acids is 1. The van der Waals surface area contributed by atoms with Crippen LogP contribution >= 0.6 is 11.3 Å². The zero-order valence-electron chi connectivity index (χ0n) is 11.0. The number of carbonyl (C=O) groups excluding carboxylic acids is 1. The zero-order chi connectivity index (χ0) is 13.8. The Morgan fingerprint density at radius 3 is 2.63 bits per heavy atom. The molecule has 1 aliphatic carbocycles. The molecule has 5 nitrogen and oxygen atoms in total. The molecule has 6 heteroatoms. The summed E-state index contributed by atoms with van der Waals surface area (Å²) in [7, 11) is 0. The average molecular weight is 282 g/mol. The lowest BCUT2D eigenvalue weighted by Crippen LogP contribution is -2.41. The van der Waals surface area contributed by atoms with E-state index >= 15 is 0 Å². The van der Waals surface area contributed by atoms with Crippen LogP contribution in [0.2, 0.25) is 0 Å². The smallest absolute Gasteiger partial charge is 0.355 e. The van der Waals surface area contributed by atoms with Crippen LogP contribution in [0.25, 0.3) is 0 Å². The fraction of sp³-hybridized carbons (Fsp3) is 0.615. The van der Waals surface area contributed by atoms with Crippen molar-refractivity contribution >= 4 is 23.2 Å². The van der Waals surface area contributed by atoms with Crippen LogP contribution in [0.5, 0.6) is 0 Å². The van der Waals surface area contributed by atoms with Gasteiger partial charge in [-0.05, 0) is 19.8 Å². The fourth-order valence-electron chi connectivity index (χ4n) is 2.55. The van der Waals surface area contributed by atoms with Gasteiger partial charge in [0.25, 0.3) is 5.91 Å². The Bertz CT molecular complexity index is 466. The molecule has 1 aromatic heterocycles. The van der Waals surface area contributed by atoms with Crippen molar-refractivity contribution in [2.24, 2.45) is 0 Å². The highest BCUT2D eigenvalue weighted by Crippen LogP contribution is 2.24. The first-order valence-electron chi connectivity index (χ1n) is 6.63. The third-order valence-corrected chi connectivity index (χ3v) is 4.35. The van der Waals surface area contributed by atoms with Crippen molar-refractivity contribution in [3.63, 3.8) is 0 Å². The summed E-state index contributed by atoms with van der Waals surface area (Å²) in [5.74, 6) is -1.22. The Labute approximate surface area is 116 Å². The van der Waals surface area contributed by atoms with E-state index in [0.717, 1.165) is 37.0 Å². The standard InChI is InChI=1S/C13H18N2O3S/c1-2-15(9-6-4-3-5-7-9)12(16)11-14-10(8-19-11)13(17)18/h8-9H,2-7H2,1H3,(H,17,18). The monoisotopic (exact) mass is 282 g/mol. The average Bonchev–Trinajstić information content (AvgIpc) is 2.90. The van der Waals surface area contributed by atoms with Crippen molar-refractivity contribution in [3.8, 4) is 0 Å². The highest BCUT2D eigenvalue weighted by Gasteiger charge is 2.27. The molecule has 1 aromatic rings. The summed E-state index contributed by atoms with van der Waals surface area (Å²) in [5, 5.41) is 10.5. The highest BCUT2D eigenvalue weighted by atomic mass is 32.1. The molecule has 0 unspecified atom stereocenters. The quantitative estimate of drug-likeness (QED) is 0.921.